The highest BCUT2D eigenvalue weighted by molar-refractivity contribution is 9.10. The number of hydrogen-bond donors (Lipinski definition) is 1. The van der Waals surface area contributed by atoms with Gasteiger partial charge in [0.1, 0.15) is 11.3 Å². The summed E-state index contributed by atoms with van der Waals surface area (Å²) in [5.41, 5.74) is 1.23. The lowest BCUT2D eigenvalue weighted by molar-refractivity contribution is -0.139. The van der Waals surface area contributed by atoms with Crippen LogP contribution in [0, 0.1) is 0 Å². The molecule has 0 bridgehead atoms. The van der Waals surface area contributed by atoms with Gasteiger partial charge in [0.15, 0.2) is 23.9 Å². The number of aromatic nitrogens is 2. The number of methoxy groups -OCH3 is 2. The summed E-state index contributed by atoms with van der Waals surface area (Å²) in [5.74, 6) is 0.557. The number of aliphatic carboxylic acids is 1. The average molecular weight is 578 g/mol. The summed E-state index contributed by atoms with van der Waals surface area (Å²) in [5, 5.41) is 14.5. The number of fused-ring (bicyclic) bond motifs is 2. The van der Waals surface area contributed by atoms with Crippen molar-refractivity contribution in [3.05, 3.63) is 81.1 Å². The minimum absolute atomic E-state index is 0.204. The first-order valence-corrected chi connectivity index (χ1v) is 12.0. The van der Waals surface area contributed by atoms with Crippen LogP contribution in [0.3, 0.4) is 0 Å². The monoisotopic (exact) mass is 577 g/mol. The van der Waals surface area contributed by atoms with Crippen molar-refractivity contribution in [2.45, 2.75) is 0 Å². The number of hydrogen-bond acceptors (Lipinski definition) is 8. The molecule has 2 heterocycles. The summed E-state index contributed by atoms with van der Waals surface area (Å²) in [4.78, 5) is 29.1. The molecule has 0 aliphatic heterocycles. The Labute approximate surface area is 223 Å². The van der Waals surface area contributed by atoms with Gasteiger partial charge in [-0.05, 0) is 64.0 Å². The number of rotatable bonds is 8. The lowest BCUT2D eigenvalue weighted by Gasteiger charge is -2.12. The number of carboxylic acid groups (broad SMARTS) is 1. The van der Waals surface area contributed by atoms with Gasteiger partial charge in [-0.1, -0.05) is 18.2 Å². The van der Waals surface area contributed by atoms with E-state index >= 15 is 0 Å². The zero-order valence-corrected chi connectivity index (χ0v) is 21.8. The Morgan fingerprint density at radius 2 is 1.87 bits per heavy atom. The number of benzene rings is 3. The maximum absolute atomic E-state index is 13.5. The van der Waals surface area contributed by atoms with E-state index in [1.807, 2.05) is 12.1 Å². The van der Waals surface area contributed by atoms with Crippen LogP contribution in [0.4, 0.5) is 0 Å². The van der Waals surface area contributed by atoms with Crippen LogP contribution in [-0.2, 0) is 4.79 Å². The lowest BCUT2D eigenvalue weighted by Crippen LogP contribution is -2.20. The van der Waals surface area contributed by atoms with Gasteiger partial charge in [0.25, 0.3) is 5.56 Å². The van der Waals surface area contributed by atoms with Crippen molar-refractivity contribution in [2.75, 3.05) is 20.8 Å². The normalized spacial score (nSPS) is 11.3. The zero-order chi connectivity index (χ0) is 26.8. The molecule has 2 aromatic heterocycles. The standard InChI is InChI=1S/C27H20BrN3O7/c1-35-20-8-5-9-21-17(20)12-23(38-21)26-30-19-7-4-3-6-16(19)27(34)31(26)29-13-15-10-18(28)25(22(11-15)36-2)37-14-24(32)33/h3-13H,14H2,1-2H3,(H,32,33). The molecule has 0 saturated carbocycles. The van der Waals surface area contributed by atoms with Crippen molar-refractivity contribution in [1.82, 2.24) is 9.66 Å². The molecular formula is C27H20BrN3O7. The Morgan fingerprint density at radius 3 is 2.63 bits per heavy atom. The Morgan fingerprint density at radius 1 is 1.08 bits per heavy atom. The number of carboxylic acids is 1. The molecule has 0 fully saturated rings. The van der Waals surface area contributed by atoms with Gasteiger partial charge in [0, 0.05) is 0 Å². The van der Waals surface area contributed by atoms with Crippen LogP contribution in [0.25, 0.3) is 33.5 Å². The van der Waals surface area contributed by atoms with Gasteiger partial charge in [0.2, 0.25) is 5.82 Å². The zero-order valence-electron chi connectivity index (χ0n) is 20.2. The molecule has 192 valence electrons. The van der Waals surface area contributed by atoms with E-state index in [-0.39, 0.29) is 22.9 Å². The summed E-state index contributed by atoms with van der Waals surface area (Å²) < 4.78 is 23.8. The number of para-hydroxylation sites is 1. The van der Waals surface area contributed by atoms with Gasteiger partial charge in [-0.25, -0.2) is 9.78 Å². The summed E-state index contributed by atoms with van der Waals surface area (Å²) in [6.07, 6.45) is 1.46. The Bertz CT molecular complexity index is 1770. The van der Waals surface area contributed by atoms with E-state index in [1.54, 1.807) is 55.6 Å². The Kier molecular flexibility index (Phi) is 6.84. The molecule has 11 heteroatoms. The number of nitrogens with zero attached hydrogens (tertiary/aromatic N) is 3. The molecule has 0 radical (unpaired) electrons. The van der Waals surface area contributed by atoms with E-state index in [9.17, 15) is 9.59 Å². The van der Waals surface area contributed by atoms with E-state index in [0.717, 1.165) is 5.39 Å². The lowest BCUT2D eigenvalue weighted by atomic mass is 10.2. The molecule has 0 spiro atoms. The smallest absolute Gasteiger partial charge is 0.341 e. The third kappa shape index (κ3) is 4.71. The number of ether oxygens (including phenoxy) is 3. The van der Waals surface area contributed by atoms with Crippen LogP contribution >= 0.6 is 15.9 Å². The van der Waals surface area contributed by atoms with Crippen molar-refractivity contribution in [2.24, 2.45) is 5.10 Å². The fraction of sp³-hybridized carbons (Fsp3) is 0.111. The van der Waals surface area contributed by atoms with Gasteiger partial charge < -0.3 is 23.7 Å². The van der Waals surface area contributed by atoms with Crippen molar-refractivity contribution in [1.29, 1.82) is 0 Å². The number of carbonyl (C=O) groups is 1. The second-order valence-corrected chi connectivity index (χ2v) is 8.87. The fourth-order valence-electron chi connectivity index (χ4n) is 3.93. The molecule has 0 unspecified atom stereocenters. The number of halogens is 1. The molecule has 5 aromatic rings. The molecule has 38 heavy (non-hydrogen) atoms. The minimum Gasteiger partial charge on any atom is -0.496 e. The quantitative estimate of drug-likeness (QED) is 0.257. The molecule has 1 N–H and O–H groups in total. The van der Waals surface area contributed by atoms with Gasteiger partial charge in [-0.3, -0.25) is 4.79 Å². The first-order chi connectivity index (χ1) is 18.4. The van der Waals surface area contributed by atoms with Crippen LogP contribution in [0.15, 0.2) is 79.4 Å². The van der Waals surface area contributed by atoms with Crippen molar-refractivity contribution in [3.8, 4) is 28.8 Å². The van der Waals surface area contributed by atoms with Crippen molar-refractivity contribution in [3.63, 3.8) is 0 Å². The van der Waals surface area contributed by atoms with Crippen molar-refractivity contribution < 1.29 is 28.5 Å². The maximum Gasteiger partial charge on any atom is 0.341 e. The molecule has 0 atom stereocenters. The summed E-state index contributed by atoms with van der Waals surface area (Å²) in [7, 11) is 3.00. The van der Waals surface area contributed by atoms with E-state index in [0.29, 0.717) is 38.0 Å². The van der Waals surface area contributed by atoms with Gasteiger partial charge >= 0.3 is 5.97 Å². The first kappa shape index (κ1) is 25.0. The van der Waals surface area contributed by atoms with Crippen molar-refractivity contribution >= 4 is 50.0 Å². The second kappa shape index (κ2) is 10.4. The predicted molar refractivity (Wildman–Crippen MR) is 145 cm³/mol. The molecule has 10 nitrogen and oxygen atoms in total. The van der Waals surface area contributed by atoms with Gasteiger partial charge in [0.05, 0.1) is 41.2 Å². The predicted octanol–water partition coefficient (Wildman–Crippen LogP) is 4.94. The van der Waals surface area contributed by atoms with Crippen LogP contribution in [0.5, 0.6) is 17.2 Å². The SMILES string of the molecule is COc1cc(C=Nn2c(-c3cc4c(OC)cccc4o3)nc3ccccc3c2=O)cc(Br)c1OCC(=O)O. The van der Waals surface area contributed by atoms with E-state index in [1.165, 1.54) is 18.0 Å². The molecule has 0 amide bonds. The first-order valence-electron chi connectivity index (χ1n) is 11.2. The summed E-state index contributed by atoms with van der Waals surface area (Å²) in [6, 6.07) is 17.4. The molecule has 3 aromatic carbocycles. The molecule has 0 aliphatic carbocycles. The molecular weight excluding hydrogens is 558 g/mol. The second-order valence-electron chi connectivity index (χ2n) is 8.01. The van der Waals surface area contributed by atoms with Gasteiger partial charge in [-0.2, -0.15) is 9.78 Å². The summed E-state index contributed by atoms with van der Waals surface area (Å²) >= 11 is 3.38. The number of furan rings is 1. The third-order valence-electron chi connectivity index (χ3n) is 5.63. The van der Waals surface area contributed by atoms with Crippen LogP contribution < -0.4 is 19.8 Å². The van der Waals surface area contributed by atoms with Gasteiger partial charge in [-0.15, -0.1) is 0 Å². The largest absolute Gasteiger partial charge is 0.496 e. The third-order valence-corrected chi connectivity index (χ3v) is 6.22. The maximum atomic E-state index is 13.5. The minimum atomic E-state index is -1.12. The summed E-state index contributed by atoms with van der Waals surface area (Å²) in [6.45, 7) is -0.536. The molecule has 0 saturated heterocycles. The Balaban J connectivity index is 1.64. The van der Waals surface area contributed by atoms with Crippen LogP contribution in [-0.4, -0.2) is 47.8 Å². The average Bonchev–Trinajstić information content (AvgIpc) is 3.36. The van der Waals surface area contributed by atoms with E-state index in [4.69, 9.17) is 23.7 Å². The van der Waals surface area contributed by atoms with E-state index < -0.39 is 12.6 Å². The highest BCUT2D eigenvalue weighted by Crippen LogP contribution is 2.36. The van der Waals surface area contributed by atoms with Crippen LogP contribution in [0.1, 0.15) is 5.56 Å². The Hall–Kier alpha value is -4.64. The van der Waals surface area contributed by atoms with E-state index in [2.05, 4.69) is 26.0 Å². The highest BCUT2D eigenvalue weighted by Gasteiger charge is 2.18. The van der Waals surface area contributed by atoms with Crippen LogP contribution in [0.2, 0.25) is 0 Å². The molecule has 0 aliphatic rings. The fourth-order valence-corrected chi connectivity index (χ4v) is 4.50. The highest BCUT2D eigenvalue weighted by atomic mass is 79.9. The topological polar surface area (TPSA) is 125 Å². The molecule has 5 rings (SSSR count).